The Morgan fingerprint density at radius 3 is 2.50 bits per heavy atom. The van der Waals surface area contributed by atoms with Gasteiger partial charge in [0.05, 0.1) is 0 Å². The summed E-state index contributed by atoms with van der Waals surface area (Å²) in [5, 5.41) is 2.57. The van der Waals surface area contributed by atoms with Gasteiger partial charge in [-0.25, -0.2) is 0 Å². The Morgan fingerprint density at radius 1 is 1.05 bits per heavy atom. The first-order valence-corrected chi connectivity index (χ1v) is 7.59. The highest BCUT2D eigenvalue weighted by Gasteiger charge is 2.58. The van der Waals surface area contributed by atoms with Crippen LogP contribution in [0.4, 0.5) is 0 Å². The van der Waals surface area contributed by atoms with E-state index in [0.29, 0.717) is 23.5 Å². The topological polar surface area (TPSA) is 17.1 Å². The van der Waals surface area contributed by atoms with Crippen molar-refractivity contribution in [2.75, 3.05) is 0 Å². The van der Waals surface area contributed by atoms with Crippen LogP contribution in [0.5, 0.6) is 0 Å². The number of fused-ring (bicyclic) bond motifs is 3. The summed E-state index contributed by atoms with van der Waals surface area (Å²) in [6.07, 6.45) is 1.85. The molecule has 102 valence electrons. The summed E-state index contributed by atoms with van der Waals surface area (Å²) < 4.78 is 0. The zero-order valence-corrected chi connectivity index (χ0v) is 12.1. The lowest BCUT2D eigenvalue weighted by Gasteiger charge is -2.59. The van der Waals surface area contributed by atoms with Gasteiger partial charge in [0, 0.05) is 12.3 Å². The number of hydrogen-bond donors (Lipinski definition) is 0. The van der Waals surface area contributed by atoms with Gasteiger partial charge in [0.25, 0.3) is 0 Å². The van der Waals surface area contributed by atoms with Gasteiger partial charge in [0.2, 0.25) is 0 Å². The first-order chi connectivity index (χ1) is 9.57. The second-order valence-corrected chi connectivity index (χ2v) is 7.10. The lowest BCUT2D eigenvalue weighted by Crippen LogP contribution is -2.56. The van der Waals surface area contributed by atoms with E-state index in [9.17, 15) is 4.79 Å². The molecule has 0 aromatic heterocycles. The fourth-order valence-corrected chi connectivity index (χ4v) is 4.48. The summed E-state index contributed by atoms with van der Waals surface area (Å²) in [5.41, 5.74) is 1.55. The Morgan fingerprint density at radius 2 is 1.80 bits per heavy atom. The van der Waals surface area contributed by atoms with Crippen molar-refractivity contribution in [1.29, 1.82) is 0 Å². The molecule has 3 atom stereocenters. The van der Waals surface area contributed by atoms with Crippen LogP contribution in [0.25, 0.3) is 10.8 Å². The summed E-state index contributed by atoms with van der Waals surface area (Å²) in [6.45, 7) is 4.55. The molecule has 0 N–H and O–H groups in total. The number of carbonyl (C=O) groups excluding carboxylic acids is 1. The molecule has 2 bridgehead atoms. The summed E-state index contributed by atoms with van der Waals surface area (Å²) in [4.78, 5) is 12.3. The molecule has 0 unspecified atom stereocenters. The summed E-state index contributed by atoms with van der Waals surface area (Å²) in [7, 11) is 0. The molecule has 2 aromatic carbocycles. The maximum absolute atomic E-state index is 12.3. The van der Waals surface area contributed by atoms with Crippen molar-refractivity contribution in [3.8, 4) is 0 Å². The monoisotopic (exact) mass is 264 g/mol. The number of benzene rings is 2. The Hall–Kier alpha value is -1.63. The van der Waals surface area contributed by atoms with Crippen molar-refractivity contribution in [2.45, 2.75) is 32.6 Å². The van der Waals surface area contributed by atoms with Crippen LogP contribution in [0, 0.1) is 17.3 Å². The molecule has 0 spiro atoms. The molecule has 3 saturated carbocycles. The molecular weight excluding hydrogens is 244 g/mol. The molecule has 1 nitrogen and oxygen atoms in total. The Balaban J connectivity index is 1.77. The van der Waals surface area contributed by atoms with E-state index >= 15 is 0 Å². The Bertz CT molecular complexity index is 698. The van der Waals surface area contributed by atoms with E-state index in [1.807, 2.05) is 0 Å². The number of hydrogen-bond acceptors (Lipinski definition) is 1. The molecular formula is C19H20O. The fraction of sp³-hybridized carbons (Fsp3) is 0.421. The molecule has 3 aliphatic carbocycles. The van der Waals surface area contributed by atoms with E-state index < -0.39 is 0 Å². The first kappa shape index (κ1) is 12.1. The molecule has 0 aliphatic heterocycles. The average molecular weight is 264 g/mol. The van der Waals surface area contributed by atoms with E-state index in [1.54, 1.807) is 0 Å². The maximum Gasteiger partial charge on any atom is 0.137 e. The fourth-order valence-electron chi connectivity index (χ4n) is 4.48. The van der Waals surface area contributed by atoms with Crippen molar-refractivity contribution in [3.63, 3.8) is 0 Å². The normalized spacial score (nSPS) is 31.1. The number of carbonyl (C=O) groups is 1. The summed E-state index contributed by atoms with van der Waals surface area (Å²) in [5.74, 6) is 1.90. The van der Waals surface area contributed by atoms with Gasteiger partial charge in [-0.1, -0.05) is 56.3 Å². The van der Waals surface area contributed by atoms with Crippen LogP contribution in [-0.4, -0.2) is 5.78 Å². The highest BCUT2D eigenvalue weighted by Crippen LogP contribution is 2.62. The van der Waals surface area contributed by atoms with Crippen LogP contribution < -0.4 is 0 Å². The van der Waals surface area contributed by atoms with Gasteiger partial charge in [0.1, 0.15) is 5.78 Å². The molecule has 3 aliphatic rings. The van der Waals surface area contributed by atoms with E-state index in [1.165, 1.54) is 16.3 Å². The molecule has 0 heterocycles. The number of ketones is 1. The second-order valence-electron chi connectivity index (χ2n) is 7.10. The van der Waals surface area contributed by atoms with Gasteiger partial charge in [-0.15, -0.1) is 0 Å². The molecule has 2 aromatic rings. The molecule has 0 saturated heterocycles. The van der Waals surface area contributed by atoms with Gasteiger partial charge in [-0.2, -0.15) is 0 Å². The third kappa shape index (κ3) is 1.52. The van der Waals surface area contributed by atoms with Crippen molar-refractivity contribution < 1.29 is 4.79 Å². The predicted octanol–water partition coefficient (Wildman–Crippen LogP) is 4.56. The van der Waals surface area contributed by atoms with Gasteiger partial charge < -0.3 is 0 Å². The Labute approximate surface area is 120 Å². The minimum atomic E-state index is 0.200. The van der Waals surface area contributed by atoms with Crippen LogP contribution in [0.15, 0.2) is 42.5 Å². The molecule has 3 fully saturated rings. The third-order valence-corrected chi connectivity index (χ3v) is 5.84. The van der Waals surface area contributed by atoms with Crippen molar-refractivity contribution in [3.05, 3.63) is 48.0 Å². The maximum atomic E-state index is 12.3. The molecule has 5 rings (SSSR count). The average Bonchev–Trinajstić information content (AvgIpc) is 2.45. The van der Waals surface area contributed by atoms with Crippen LogP contribution >= 0.6 is 0 Å². The SMILES string of the molecule is CC1(C)[C@@H]2C[C@H]1C(=O)C[C@H]2c1ccc2ccccc2c1. The summed E-state index contributed by atoms with van der Waals surface area (Å²) >= 11 is 0. The minimum Gasteiger partial charge on any atom is -0.299 e. The minimum absolute atomic E-state index is 0.200. The Kier molecular flexibility index (Phi) is 2.39. The lowest BCUT2D eigenvalue weighted by molar-refractivity contribution is -0.151. The smallest absolute Gasteiger partial charge is 0.137 e. The van der Waals surface area contributed by atoms with Crippen LogP contribution in [0.2, 0.25) is 0 Å². The van der Waals surface area contributed by atoms with Gasteiger partial charge >= 0.3 is 0 Å². The van der Waals surface area contributed by atoms with E-state index in [-0.39, 0.29) is 5.41 Å². The van der Waals surface area contributed by atoms with E-state index in [2.05, 4.69) is 56.3 Å². The second kappa shape index (κ2) is 3.94. The van der Waals surface area contributed by atoms with Crippen LogP contribution in [0.1, 0.15) is 38.2 Å². The first-order valence-electron chi connectivity index (χ1n) is 7.59. The molecule has 0 radical (unpaired) electrons. The number of Topliss-reactive ketones (excluding diaryl/α,β-unsaturated/α-hetero) is 1. The van der Waals surface area contributed by atoms with Crippen LogP contribution in [-0.2, 0) is 4.79 Å². The summed E-state index contributed by atoms with van der Waals surface area (Å²) in [6, 6.07) is 15.2. The quantitative estimate of drug-likeness (QED) is 0.738. The highest BCUT2D eigenvalue weighted by atomic mass is 16.1. The van der Waals surface area contributed by atoms with Crippen molar-refractivity contribution in [1.82, 2.24) is 0 Å². The zero-order valence-electron chi connectivity index (χ0n) is 12.1. The van der Waals surface area contributed by atoms with Crippen LogP contribution in [0.3, 0.4) is 0 Å². The standard InChI is InChI=1S/C19H20O/c1-19(2)16-11-17(19)18(20)10-15(16)14-8-7-12-5-3-4-6-13(12)9-14/h3-9,15-17H,10-11H2,1-2H3/t15-,16+,17-/m0/s1. The van der Waals surface area contributed by atoms with Crippen molar-refractivity contribution in [2.24, 2.45) is 17.3 Å². The zero-order chi connectivity index (χ0) is 13.9. The van der Waals surface area contributed by atoms with Gasteiger partial charge in [-0.05, 0) is 40.0 Å². The number of rotatable bonds is 1. The largest absolute Gasteiger partial charge is 0.299 e. The third-order valence-electron chi connectivity index (χ3n) is 5.84. The van der Waals surface area contributed by atoms with Crippen molar-refractivity contribution >= 4 is 16.6 Å². The highest BCUT2D eigenvalue weighted by molar-refractivity contribution is 5.87. The van der Waals surface area contributed by atoms with E-state index in [4.69, 9.17) is 0 Å². The van der Waals surface area contributed by atoms with Gasteiger partial charge in [0.15, 0.2) is 0 Å². The molecule has 0 amide bonds. The molecule has 20 heavy (non-hydrogen) atoms. The van der Waals surface area contributed by atoms with E-state index in [0.717, 1.165) is 12.8 Å². The molecule has 1 heteroatoms. The lowest BCUT2D eigenvalue weighted by atomic mass is 9.44. The van der Waals surface area contributed by atoms with Gasteiger partial charge in [-0.3, -0.25) is 4.79 Å². The predicted molar refractivity (Wildman–Crippen MR) is 81.7 cm³/mol.